The summed E-state index contributed by atoms with van der Waals surface area (Å²) in [5.74, 6) is -0.549. The summed E-state index contributed by atoms with van der Waals surface area (Å²) in [6.07, 6.45) is -0.0706. The molecule has 0 spiro atoms. The lowest BCUT2D eigenvalue weighted by Crippen LogP contribution is -2.27. The van der Waals surface area contributed by atoms with Crippen molar-refractivity contribution in [3.05, 3.63) is 75.5 Å². The molecule has 1 N–H and O–H groups in total. The number of aromatic nitrogens is 2. The number of rotatable bonds is 5. The zero-order valence-electron chi connectivity index (χ0n) is 18.1. The predicted molar refractivity (Wildman–Crippen MR) is 124 cm³/mol. The second kappa shape index (κ2) is 9.63. The number of carbonyl (C=O) groups is 2. The topological polar surface area (TPSA) is 82.5 Å². The van der Waals surface area contributed by atoms with E-state index in [0.29, 0.717) is 27.8 Å². The van der Waals surface area contributed by atoms with Crippen molar-refractivity contribution in [2.45, 2.75) is 32.8 Å². The molecule has 168 valence electrons. The van der Waals surface area contributed by atoms with Gasteiger partial charge in [-0.2, -0.15) is 5.10 Å². The van der Waals surface area contributed by atoms with Crippen molar-refractivity contribution in [1.82, 2.24) is 9.78 Å². The maximum Gasteiger partial charge on any atom is 0.412 e. The molecule has 0 fully saturated rings. The van der Waals surface area contributed by atoms with Gasteiger partial charge in [-0.15, -0.1) is 0 Å². The average Bonchev–Trinajstić information content (AvgIpc) is 3.11. The lowest BCUT2D eigenvalue weighted by Gasteiger charge is -2.19. The Kier molecular flexibility index (Phi) is 7.11. The average molecular weight is 476 g/mol. The van der Waals surface area contributed by atoms with Gasteiger partial charge in [0.1, 0.15) is 5.60 Å². The van der Waals surface area contributed by atoms with Crippen LogP contribution in [0.1, 0.15) is 42.5 Å². The zero-order valence-corrected chi connectivity index (χ0v) is 19.6. The highest BCUT2D eigenvalue weighted by molar-refractivity contribution is 6.35. The summed E-state index contributed by atoms with van der Waals surface area (Å²) in [5, 5.41) is 7.96. The lowest BCUT2D eigenvalue weighted by molar-refractivity contribution is 0.0591. The van der Waals surface area contributed by atoms with Gasteiger partial charge < -0.3 is 9.47 Å². The SMILES string of the molecule is COC(=O)c1cc(Cc2ccc(NC(=O)OC(C)(C)C)cc2)n(-c2ccc(Cl)cc2Cl)n1. The molecule has 0 unspecified atom stereocenters. The van der Waals surface area contributed by atoms with Crippen LogP contribution in [0.15, 0.2) is 48.5 Å². The number of carbonyl (C=O) groups excluding carboxylic acids is 2. The van der Waals surface area contributed by atoms with Gasteiger partial charge in [-0.25, -0.2) is 14.3 Å². The van der Waals surface area contributed by atoms with E-state index in [1.807, 2.05) is 12.1 Å². The van der Waals surface area contributed by atoms with Crippen molar-refractivity contribution in [2.75, 3.05) is 12.4 Å². The van der Waals surface area contributed by atoms with Crippen molar-refractivity contribution in [1.29, 1.82) is 0 Å². The Morgan fingerprint density at radius 2 is 1.75 bits per heavy atom. The van der Waals surface area contributed by atoms with E-state index in [2.05, 4.69) is 10.4 Å². The minimum absolute atomic E-state index is 0.164. The zero-order chi connectivity index (χ0) is 23.5. The van der Waals surface area contributed by atoms with E-state index in [0.717, 1.165) is 11.3 Å². The molecule has 1 amide bonds. The Labute approximate surface area is 196 Å². The minimum Gasteiger partial charge on any atom is -0.464 e. The molecule has 0 radical (unpaired) electrons. The van der Waals surface area contributed by atoms with Gasteiger partial charge >= 0.3 is 12.1 Å². The standard InChI is InChI=1S/C23H23Cl2N3O4/c1-23(2,3)32-22(30)26-16-8-5-14(6-9-16)11-17-13-19(21(29)31-4)27-28(17)20-10-7-15(24)12-18(20)25/h5-10,12-13H,11H2,1-4H3,(H,26,30). The van der Waals surface area contributed by atoms with Crippen molar-refractivity contribution in [3.8, 4) is 5.69 Å². The predicted octanol–water partition coefficient (Wildman–Crippen LogP) is 5.90. The van der Waals surface area contributed by atoms with Crippen molar-refractivity contribution < 1.29 is 19.1 Å². The Hall–Kier alpha value is -3.03. The number of ether oxygens (including phenoxy) is 2. The Balaban J connectivity index is 1.85. The fourth-order valence-corrected chi connectivity index (χ4v) is 3.44. The largest absolute Gasteiger partial charge is 0.464 e. The van der Waals surface area contributed by atoms with Gasteiger partial charge in [-0.05, 0) is 62.7 Å². The third-order valence-corrected chi connectivity index (χ3v) is 4.84. The summed E-state index contributed by atoms with van der Waals surface area (Å²) in [6.45, 7) is 5.40. The molecular weight excluding hydrogens is 453 g/mol. The van der Waals surface area contributed by atoms with E-state index in [1.54, 1.807) is 61.9 Å². The van der Waals surface area contributed by atoms with Crippen LogP contribution in [-0.4, -0.2) is 34.6 Å². The summed E-state index contributed by atoms with van der Waals surface area (Å²) in [4.78, 5) is 24.0. The third kappa shape index (κ3) is 6.02. The highest BCUT2D eigenvalue weighted by atomic mass is 35.5. The minimum atomic E-state index is -0.581. The smallest absolute Gasteiger partial charge is 0.412 e. The van der Waals surface area contributed by atoms with Crippen molar-refractivity contribution in [2.24, 2.45) is 0 Å². The maximum absolute atomic E-state index is 12.0. The van der Waals surface area contributed by atoms with Crippen LogP contribution in [0.2, 0.25) is 10.0 Å². The number of anilines is 1. The Bertz CT molecular complexity index is 1140. The van der Waals surface area contributed by atoms with Crippen LogP contribution >= 0.6 is 23.2 Å². The first-order valence-corrected chi connectivity index (χ1v) is 10.5. The van der Waals surface area contributed by atoms with E-state index in [9.17, 15) is 9.59 Å². The van der Waals surface area contributed by atoms with Crippen LogP contribution in [0, 0.1) is 0 Å². The highest BCUT2D eigenvalue weighted by Crippen LogP contribution is 2.27. The number of amides is 1. The molecule has 9 heteroatoms. The molecule has 32 heavy (non-hydrogen) atoms. The van der Waals surface area contributed by atoms with E-state index in [4.69, 9.17) is 32.7 Å². The van der Waals surface area contributed by atoms with E-state index >= 15 is 0 Å². The van der Waals surface area contributed by atoms with Gasteiger partial charge in [0.25, 0.3) is 0 Å². The summed E-state index contributed by atoms with van der Waals surface area (Å²) in [5.41, 5.74) is 2.43. The fraction of sp³-hybridized carbons (Fsp3) is 0.261. The van der Waals surface area contributed by atoms with Crippen LogP contribution in [-0.2, 0) is 15.9 Å². The quantitative estimate of drug-likeness (QED) is 0.464. The summed E-state index contributed by atoms with van der Waals surface area (Å²) in [6, 6.07) is 14.0. The molecule has 0 aliphatic rings. The van der Waals surface area contributed by atoms with Gasteiger partial charge in [0.05, 0.1) is 17.8 Å². The molecule has 0 bridgehead atoms. The molecule has 2 aromatic carbocycles. The molecule has 0 aliphatic heterocycles. The van der Waals surface area contributed by atoms with Gasteiger partial charge in [0.15, 0.2) is 5.69 Å². The summed E-state index contributed by atoms with van der Waals surface area (Å²) >= 11 is 12.4. The van der Waals surface area contributed by atoms with Gasteiger partial charge in [-0.1, -0.05) is 35.3 Å². The molecule has 0 atom stereocenters. The van der Waals surface area contributed by atoms with E-state index in [-0.39, 0.29) is 5.69 Å². The van der Waals surface area contributed by atoms with Crippen LogP contribution in [0.25, 0.3) is 5.69 Å². The Morgan fingerprint density at radius 1 is 1.06 bits per heavy atom. The number of nitrogens with one attached hydrogen (secondary N) is 1. The molecule has 7 nitrogen and oxygen atoms in total. The number of hydrogen-bond acceptors (Lipinski definition) is 5. The molecule has 1 aromatic heterocycles. The monoisotopic (exact) mass is 475 g/mol. The second-order valence-electron chi connectivity index (χ2n) is 8.02. The third-order valence-electron chi connectivity index (χ3n) is 4.30. The van der Waals surface area contributed by atoms with Gasteiger partial charge in [0.2, 0.25) is 0 Å². The number of halogens is 2. The molecule has 0 aliphatic carbocycles. The maximum atomic E-state index is 12.0. The van der Waals surface area contributed by atoms with Gasteiger partial charge in [-0.3, -0.25) is 5.32 Å². The van der Waals surface area contributed by atoms with Crippen molar-refractivity contribution in [3.63, 3.8) is 0 Å². The summed E-state index contributed by atoms with van der Waals surface area (Å²) < 4.78 is 11.7. The number of hydrogen-bond donors (Lipinski definition) is 1. The number of benzene rings is 2. The number of esters is 1. The number of nitrogens with zero attached hydrogens (tertiary/aromatic N) is 2. The normalized spacial score (nSPS) is 11.2. The fourth-order valence-electron chi connectivity index (χ4n) is 2.95. The van der Waals surface area contributed by atoms with Crippen molar-refractivity contribution >= 4 is 41.0 Å². The van der Waals surface area contributed by atoms with E-state index in [1.165, 1.54) is 7.11 Å². The first kappa shape index (κ1) is 23.6. The number of methoxy groups -OCH3 is 1. The molecule has 3 rings (SSSR count). The van der Waals surface area contributed by atoms with Gasteiger partial charge in [0, 0.05) is 22.8 Å². The summed E-state index contributed by atoms with van der Waals surface area (Å²) in [7, 11) is 1.30. The highest BCUT2D eigenvalue weighted by Gasteiger charge is 2.19. The first-order chi connectivity index (χ1) is 15.1. The second-order valence-corrected chi connectivity index (χ2v) is 8.86. The molecule has 3 aromatic rings. The van der Waals surface area contributed by atoms with Crippen LogP contribution < -0.4 is 5.32 Å². The first-order valence-electron chi connectivity index (χ1n) is 9.77. The molecular formula is C23H23Cl2N3O4. The lowest BCUT2D eigenvalue weighted by atomic mass is 10.1. The van der Waals surface area contributed by atoms with Crippen LogP contribution in [0.4, 0.5) is 10.5 Å². The Morgan fingerprint density at radius 3 is 2.34 bits per heavy atom. The molecule has 1 heterocycles. The molecule has 0 saturated carbocycles. The molecule has 0 saturated heterocycles. The van der Waals surface area contributed by atoms with Crippen LogP contribution in [0.3, 0.4) is 0 Å². The van der Waals surface area contributed by atoms with Crippen LogP contribution in [0.5, 0.6) is 0 Å². The van der Waals surface area contributed by atoms with E-state index < -0.39 is 17.7 Å².